The van der Waals surface area contributed by atoms with Crippen LogP contribution in [0, 0.1) is 5.92 Å². The third-order valence-corrected chi connectivity index (χ3v) is 4.57. The van der Waals surface area contributed by atoms with Crippen molar-refractivity contribution in [2.45, 2.75) is 26.4 Å². The maximum absolute atomic E-state index is 11.9. The van der Waals surface area contributed by atoms with Gasteiger partial charge in [-0.25, -0.2) is 12.7 Å². The number of nitrogens with two attached hydrogens (primary N) is 1. The highest BCUT2D eigenvalue weighted by molar-refractivity contribution is 7.89. The predicted octanol–water partition coefficient (Wildman–Crippen LogP) is 0.0218. The molecule has 0 aromatic heterocycles. The monoisotopic (exact) mass is 250 g/mol. The second-order valence-electron chi connectivity index (χ2n) is 4.48. The van der Waals surface area contributed by atoms with Gasteiger partial charge in [0.1, 0.15) is 0 Å². The largest absolute Gasteiger partial charge is 0.378 e. The number of nitrogens with zero attached hydrogens (tertiary/aromatic N) is 1. The zero-order valence-corrected chi connectivity index (χ0v) is 10.9. The molecule has 0 amide bonds. The quantitative estimate of drug-likeness (QED) is 0.721. The van der Waals surface area contributed by atoms with Crippen LogP contribution in [0.15, 0.2) is 0 Å². The molecule has 0 saturated carbocycles. The van der Waals surface area contributed by atoms with E-state index in [0.29, 0.717) is 25.6 Å². The summed E-state index contributed by atoms with van der Waals surface area (Å²) in [5.74, 6) is 0.392. The molecule has 1 rings (SSSR count). The van der Waals surface area contributed by atoms with Gasteiger partial charge in [0, 0.05) is 13.1 Å². The third-order valence-electron chi connectivity index (χ3n) is 2.77. The van der Waals surface area contributed by atoms with E-state index in [0.717, 1.165) is 6.42 Å². The summed E-state index contributed by atoms with van der Waals surface area (Å²) in [4.78, 5) is 0. The van der Waals surface area contributed by atoms with Gasteiger partial charge in [-0.15, -0.1) is 0 Å². The van der Waals surface area contributed by atoms with Gasteiger partial charge in [-0.3, -0.25) is 0 Å². The third kappa shape index (κ3) is 4.01. The number of ether oxygens (including phenoxy) is 1. The lowest BCUT2D eigenvalue weighted by Gasteiger charge is -2.16. The molecule has 96 valence electrons. The summed E-state index contributed by atoms with van der Waals surface area (Å²) >= 11 is 0. The molecule has 0 spiro atoms. The molecule has 1 aliphatic rings. The Morgan fingerprint density at radius 3 is 2.69 bits per heavy atom. The van der Waals surface area contributed by atoms with Crippen LogP contribution in [0.4, 0.5) is 0 Å². The minimum atomic E-state index is -3.15. The van der Waals surface area contributed by atoms with Crippen molar-refractivity contribution in [3.05, 3.63) is 0 Å². The molecular formula is C10H22N2O3S. The van der Waals surface area contributed by atoms with Crippen LogP contribution in [0.25, 0.3) is 0 Å². The standard InChI is InChI=1S/C10H22N2O3S/c1-9(2)15-5-6-16(13,14)12-4-3-10(7-11)8-12/h9-10H,3-8,11H2,1-2H3. The molecule has 0 aromatic rings. The summed E-state index contributed by atoms with van der Waals surface area (Å²) in [5, 5.41) is 0. The van der Waals surface area contributed by atoms with Gasteiger partial charge in [0.25, 0.3) is 0 Å². The fraction of sp³-hybridized carbons (Fsp3) is 1.00. The molecule has 6 heteroatoms. The van der Waals surface area contributed by atoms with Gasteiger partial charge in [0.15, 0.2) is 0 Å². The maximum atomic E-state index is 11.9. The van der Waals surface area contributed by atoms with E-state index in [9.17, 15) is 8.42 Å². The zero-order chi connectivity index (χ0) is 12.2. The van der Waals surface area contributed by atoms with Crippen LogP contribution < -0.4 is 5.73 Å². The van der Waals surface area contributed by atoms with E-state index in [4.69, 9.17) is 10.5 Å². The summed E-state index contributed by atoms with van der Waals surface area (Å²) in [6.45, 7) is 5.80. The molecule has 0 radical (unpaired) electrons. The van der Waals surface area contributed by atoms with Crippen molar-refractivity contribution in [3.8, 4) is 0 Å². The molecule has 5 nitrogen and oxygen atoms in total. The van der Waals surface area contributed by atoms with E-state index in [-0.39, 0.29) is 18.5 Å². The molecule has 1 fully saturated rings. The molecule has 0 aliphatic carbocycles. The minimum Gasteiger partial charge on any atom is -0.378 e. The van der Waals surface area contributed by atoms with Crippen molar-refractivity contribution >= 4 is 10.0 Å². The van der Waals surface area contributed by atoms with Gasteiger partial charge in [-0.2, -0.15) is 0 Å². The Morgan fingerprint density at radius 1 is 1.50 bits per heavy atom. The smallest absolute Gasteiger partial charge is 0.216 e. The zero-order valence-electron chi connectivity index (χ0n) is 10.1. The van der Waals surface area contributed by atoms with E-state index >= 15 is 0 Å². The molecule has 1 heterocycles. The lowest BCUT2D eigenvalue weighted by molar-refractivity contribution is 0.0907. The summed E-state index contributed by atoms with van der Waals surface area (Å²) in [5.41, 5.74) is 5.53. The van der Waals surface area contributed by atoms with Crippen molar-refractivity contribution < 1.29 is 13.2 Å². The fourth-order valence-corrected chi connectivity index (χ4v) is 3.15. The number of hydrogen-bond donors (Lipinski definition) is 1. The molecular weight excluding hydrogens is 228 g/mol. The normalized spacial score (nSPS) is 23.1. The Hall–Kier alpha value is -0.170. The number of sulfonamides is 1. The second-order valence-corrected chi connectivity index (χ2v) is 6.57. The SMILES string of the molecule is CC(C)OCCS(=O)(=O)N1CCC(CN)C1. The fourth-order valence-electron chi connectivity index (χ4n) is 1.76. The summed E-state index contributed by atoms with van der Waals surface area (Å²) < 4.78 is 30.6. The van der Waals surface area contributed by atoms with Crippen molar-refractivity contribution in [1.29, 1.82) is 0 Å². The van der Waals surface area contributed by atoms with E-state index in [1.54, 1.807) is 0 Å². The van der Waals surface area contributed by atoms with Crippen LogP contribution >= 0.6 is 0 Å². The Morgan fingerprint density at radius 2 is 2.19 bits per heavy atom. The Balaban J connectivity index is 2.39. The highest BCUT2D eigenvalue weighted by Gasteiger charge is 2.30. The average molecular weight is 250 g/mol. The minimum absolute atomic E-state index is 0.0719. The molecule has 0 aromatic carbocycles. The van der Waals surface area contributed by atoms with Crippen LogP contribution in [0.2, 0.25) is 0 Å². The number of rotatable bonds is 6. The van der Waals surface area contributed by atoms with E-state index < -0.39 is 10.0 Å². The lowest BCUT2D eigenvalue weighted by atomic mass is 10.1. The summed E-state index contributed by atoms with van der Waals surface area (Å²) in [6.07, 6.45) is 0.950. The topological polar surface area (TPSA) is 72.6 Å². The predicted molar refractivity (Wildman–Crippen MR) is 63.6 cm³/mol. The van der Waals surface area contributed by atoms with Crippen molar-refractivity contribution in [3.63, 3.8) is 0 Å². The lowest BCUT2D eigenvalue weighted by Crippen LogP contribution is -2.33. The Kier molecular flexibility index (Phi) is 5.17. The van der Waals surface area contributed by atoms with Gasteiger partial charge in [0.2, 0.25) is 10.0 Å². The van der Waals surface area contributed by atoms with Gasteiger partial charge >= 0.3 is 0 Å². The van der Waals surface area contributed by atoms with E-state index in [1.165, 1.54) is 4.31 Å². The Bertz CT molecular complexity index is 303. The first kappa shape index (κ1) is 13.9. The highest BCUT2D eigenvalue weighted by Crippen LogP contribution is 2.18. The van der Waals surface area contributed by atoms with Crippen LogP contribution in [0.3, 0.4) is 0 Å². The maximum Gasteiger partial charge on any atom is 0.216 e. The van der Waals surface area contributed by atoms with Crippen LogP contribution in [-0.2, 0) is 14.8 Å². The van der Waals surface area contributed by atoms with Crippen molar-refractivity contribution in [1.82, 2.24) is 4.31 Å². The van der Waals surface area contributed by atoms with E-state index in [1.807, 2.05) is 13.8 Å². The van der Waals surface area contributed by atoms with Gasteiger partial charge in [-0.1, -0.05) is 0 Å². The molecule has 1 saturated heterocycles. The van der Waals surface area contributed by atoms with E-state index in [2.05, 4.69) is 0 Å². The summed E-state index contributed by atoms with van der Waals surface area (Å²) in [6, 6.07) is 0. The molecule has 1 atom stereocenters. The highest BCUT2D eigenvalue weighted by atomic mass is 32.2. The van der Waals surface area contributed by atoms with Crippen molar-refractivity contribution in [2.24, 2.45) is 11.7 Å². The van der Waals surface area contributed by atoms with Crippen molar-refractivity contribution in [2.75, 3.05) is 32.0 Å². The molecule has 2 N–H and O–H groups in total. The van der Waals surface area contributed by atoms with Gasteiger partial charge in [0.05, 0.1) is 18.5 Å². The molecule has 0 bridgehead atoms. The molecule has 1 aliphatic heterocycles. The molecule has 1 unspecified atom stereocenters. The van der Waals surface area contributed by atoms with Crippen LogP contribution in [-0.4, -0.2) is 50.8 Å². The summed E-state index contributed by atoms with van der Waals surface area (Å²) in [7, 11) is -3.15. The van der Waals surface area contributed by atoms with Gasteiger partial charge < -0.3 is 10.5 Å². The molecule has 16 heavy (non-hydrogen) atoms. The second kappa shape index (κ2) is 5.95. The first-order valence-corrected chi connectivity index (χ1v) is 7.36. The van der Waals surface area contributed by atoms with Crippen LogP contribution in [0.5, 0.6) is 0 Å². The average Bonchev–Trinajstić information content (AvgIpc) is 2.65. The van der Waals surface area contributed by atoms with Crippen LogP contribution in [0.1, 0.15) is 20.3 Å². The first-order valence-electron chi connectivity index (χ1n) is 5.75. The Labute approximate surface area is 98.0 Å². The number of hydrogen-bond acceptors (Lipinski definition) is 4. The first-order chi connectivity index (χ1) is 7.45. The van der Waals surface area contributed by atoms with Gasteiger partial charge in [-0.05, 0) is 32.7 Å².